The lowest BCUT2D eigenvalue weighted by Crippen LogP contribution is -2.40. The molecule has 0 spiro atoms. The van der Waals surface area contributed by atoms with Crippen LogP contribution in [0.5, 0.6) is 0 Å². The van der Waals surface area contributed by atoms with Gasteiger partial charge in [0.25, 0.3) is 0 Å². The van der Waals surface area contributed by atoms with Crippen LogP contribution < -0.4 is 10.0 Å². The van der Waals surface area contributed by atoms with Gasteiger partial charge in [-0.25, -0.2) is 13.1 Å². The third-order valence-electron chi connectivity index (χ3n) is 3.72. The first kappa shape index (κ1) is 22.2. The van der Waals surface area contributed by atoms with Crippen molar-refractivity contribution in [3.8, 4) is 0 Å². The molecule has 142 valence electrons. The Kier molecular flexibility index (Phi) is 9.73. The van der Waals surface area contributed by atoms with E-state index in [9.17, 15) is 8.42 Å². The fourth-order valence-corrected chi connectivity index (χ4v) is 3.83. The number of guanidine groups is 1. The van der Waals surface area contributed by atoms with Gasteiger partial charge in [-0.1, -0.05) is 18.2 Å². The Morgan fingerprint density at radius 2 is 1.80 bits per heavy atom. The minimum Gasteiger partial charge on any atom is -0.343 e. The monoisotopic (exact) mass is 480 g/mol. The maximum atomic E-state index is 11.9. The molecule has 1 fully saturated rings. The summed E-state index contributed by atoms with van der Waals surface area (Å²) in [5.41, 5.74) is 0.963. The Balaban J connectivity index is 0.00000312. The van der Waals surface area contributed by atoms with E-state index in [0.717, 1.165) is 37.6 Å². The number of benzene rings is 1. The van der Waals surface area contributed by atoms with Crippen LogP contribution in [-0.2, 0) is 10.0 Å². The first-order valence-electron chi connectivity index (χ1n) is 8.58. The van der Waals surface area contributed by atoms with E-state index in [-0.39, 0.29) is 42.3 Å². The second-order valence-electron chi connectivity index (χ2n) is 6.34. The molecular formula is C17H29IN4O2S. The molecule has 8 heteroatoms. The molecule has 2 N–H and O–H groups in total. The van der Waals surface area contributed by atoms with Gasteiger partial charge in [-0.2, -0.15) is 0 Å². The largest absolute Gasteiger partial charge is 0.343 e. The number of sulfonamides is 1. The molecular weight excluding hydrogens is 451 g/mol. The van der Waals surface area contributed by atoms with Crippen molar-refractivity contribution in [1.29, 1.82) is 0 Å². The molecule has 1 aliphatic heterocycles. The number of hydrogen-bond acceptors (Lipinski definition) is 3. The van der Waals surface area contributed by atoms with E-state index in [0.29, 0.717) is 0 Å². The summed E-state index contributed by atoms with van der Waals surface area (Å²) >= 11 is 0. The van der Waals surface area contributed by atoms with Crippen LogP contribution in [0.25, 0.3) is 0 Å². The van der Waals surface area contributed by atoms with Crippen LogP contribution in [0.1, 0.15) is 33.1 Å². The minimum absolute atomic E-state index is 0. The first-order chi connectivity index (χ1) is 11.5. The summed E-state index contributed by atoms with van der Waals surface area (Å²) in [5.74, 6) is 0.763. The number of para-hydroxylation sites is 1. The standard InChI is InChI=1S/C17H28N4O2S.HI/c1-15(2)20-24(22,23)14-11-18-17(21-12-7-4-8-13-21)19-16-9-5-3-6-10-16;/h3,5-6,9-10,15,20H,4,7-8,11-14H2,1-2H3,(H,18,19);1H. The number of piperidine rings is 1. The molecule has 0 atom stereocenters. The molecule has 0 radical (unpaired) electrons. The summed E-state index contributed by atoms with van der Waals surface area (Å²) in [6.45, 7) is 5.78. The summed E-state index contributed by atoms with van der Waals surface area (Å²) in [6, 6.07) is 9.77. The highest BCUT2D eigenvalue weighted by molar-refractivity contribution is 14.0. The number of anilines is 1. The molecule has 25 heavy (non-hydrogen) atoms. The van der Waals surface area contributed by atoms with Crippen LogP contribution in [0.2, 0.25) is 0 Å². The van der Waals surface area contributed by atoms with Crippen LogP contribution in [0, 0.1) is 0 Å². The van der Waals surface area contributed by atoms with Gasteiger partial charge in [-0.05, 0) is 45.2 Å². The van der Waals surface area contributed by atoms with E-state index in [2.05, 4.69) is 19.9 Å². The van der Waals surface area contributed by atoms with Crippen LogP contribution >= 0.6 is 24.0 Å². The molecule has 0 saturated carbocycles. The number of halogens is 1. The van der Waals surface area contributed by atoms with E-state index < -0.39 is 10.0 Å². The molecule has 0 unspecified atom stereocenters. The zero-order chi connectivity index (χ0) is 17.4. The summed E-state index contributed by atoms with van der Waals surface area (Å²) in [5, 5.41) is 3.34. The summed E-state index contributed by atoms with van der Waals surface area (Å²) in [6.07, 6.45) is 3.52. The molecule has 6 nitrogen and oxygen atoms in total. The van der Waals surface area contributed by atoms with Gasteiger partial charge in [0.2, 0.25) is 10.0 Å². The van der Waals surface area contributed by atoms with Crippen molar-refractivity contribution < 1.29 is 8.42 Å². The van der Waals surface area contributed by atoms with Crippen LogP contribution in [-0.4, -0.2) is 50.7 Å². The fraction of sp³-hybridized carbons (Fsp3) is 0.588. The highest BCUT2D eigenvalue weighted by Gasteiger charge is 2.16. The SMILES string of the molecule is CC(C)NS(=O)(=O)CCN=C(Nc1ccccc1)N1CCCCC1.I. The molecule has 2 rings (SSSR count). The fourth-order valence-electron chi connectivity index (χ4n) is 2.66. The van der Waals surface area contributed by atoms with Gasteiger partial charge in [-0.3, -0.25) is 4.99 Å². The van der Waals surface area contributed by atoms with E-state index in [1.54, 1.807) is 0 Å². The second-order valence-corrected chi connectivity index (χ2v) is 8.21. The number of likely N-dealkylation sites (tertiary alicyclic amines) is 1. The smallest absolute Gasteiger partial charge is 0.213 e. The predicted octanol–water partition coefficient (Wildman–Crippen LogP) is 2.89. The summed E-state index contributed by atoms with van der Waals surface area (Å²) in [4.78, 5) is 6.75. The molecule has 0 bridgehead atoms. The van der Waals surface area contributed by atoms with Crippen molar-refractivity contribution in [2.24, 2.45) is 4.99 Å². The third kappa shape index (κ3) is 8.37. The van der Waals surface area contributed by atoms with E-state index in [1.807, 2.05) is 44.2 Å². The quantitative estimate of drug-likeness (QED) is 0.373. The number of rotatable bonds is 6. The topological polar surface area (TPSA) is 73.8 Å². The van der Waals surface area contributed by atoms with Gasteiger partial charge in [0, 0.05) is 24.8 Å². The zero-order valence-electron chi connectivity index (χ0n) is 14.9. The second kappa shape index (κ2) is 11.0. The number of nitrogens with zero attached hydrogens (tertiary/aromatic N) is 2. The van der Waals surface area contributed by atoms with Crippen molar-refractivity contribution >= 4 is 45.6 Å². The van der Waals surface area contributed by atoms with Gasteiger partial charge in [-0.15, -0.1) is 24.0 Å². The van der Waals surface area contributed by atoms with E-state index in [4.69, 9.17) is 0 Å². The molecule has 0 amide bonds. The third-order valence-corrected chi connectivity index (χ3v) is 5.27. The van der Waals surface area contributed by atoms with Gasteiger partial charge in [0.1, 0.15) is 0 Å². The van der Waals surface area contributed by atoms with Crippen LogP contribution in [0.4, 0.5) is 5.69 Å². The lowest BCUT2D eigenvalue weighted by molar-refractivity contribution is 0.340. The van der Waals surface area contributed by atoms with E-state index in [1.165, 1.54) is 6.42 Å². The Bertz CT molecular complexity index is 629. The van der Waals surface area contributed by atoms with Gasteiger partial charge < -0.3 is 10.2 Å². The zero-order valence-corrected chi connectivity index (χ0v) is 18.1. The molecule has 1 heterocycles. The molecule has 1 aliphatic rings. The normalized spacial score (nSPS) is 15.8. The molecule has 1 aromatic carbocycles. The van der Waals surface area contributed by atoms with Crippen molar-refractivity contribution in [3.05, 3.63) is 30.3 Å². The van der Waals surface area contributed by atoms with Gasteiger partial charge in [0.05, 0.1) is 12.3 Å². The lowest BCUT2D eigenvalue weighted by atomic mass is 10.1. The predicted molar refractivity (Wildman–Crippen MR) is 115 cm³/mol. The lowest BCUT2D eigenvalue weighted by Gasteiger charge is -2.30. The number of hydrogen-bond donors (Lipinski definition) is 2. The summed E-state index contributed by atoms with van der Waals surface area (Å²) < 4.78 is 26.5. The average Bonchev–Trinajstić information content (AvgIpc) is 2.54. The van der Waals surface area contributed by atoms with Crippen molar-refractivity contribution in [2.75, 3.05) is 30.7 Å². The maximum absolute atomic E-state index is 11.9. The van der Waals surface area contributed by atoms with Crippen molar-refractivity contribution in [1.82, 2.24) is 9.62 Å². The van der Waals surface area contributed by atoms with Gasteiger partial charge >= 0.3 is 0 Å². The molecule has 0 aromatic heterocycles. The van der Waals surface area contributed by atoms with Gasteiger partial charge in [0.15, 0.2) is 5.96 Å². The minimum atomic E-state index is -3.28. The average molecular weight is 480 g/mol. The Labute approximate surface area is 168 Å². The molecule has 1 aromatic rings. The maximum Gasteiger partial charge on any atom is 0.213 e. The van der Waals surface area contributed by atoms with E-state index >= 15 is 0 Å². The number of aliphatic imine (C=N–C) groups is 1. The highest BCUT2D eigenvalue weighted by atomic mass is 127. The van der Waals surface area contributed by atoms with Crippen molar-refractivity contribution in [2.45, 2.75) is 39.2 Å². The Morgan fingerprint density at radius 3 is 2.40 bits per heavy atom. The van der Waals surface area contributed by atoms with Crippen LogP contribution in [0.3, 0.4) is 0 Å². The summed E-state index contributed by atoms with van der Waals surface area (Å²) in [7, 11) is -3.28. The molecule has 0 aliphatic carbocycles. The Hall–Kier alpha value is -0.870. The number of nitrogens with one attached hydrogen (secondary N) is 2. The van der Waals surface area contributed by atoms with Crippen LogP contribution in [0.15, 0.2) is 35.3 Å². The molecule has 1 saturated heterocycles. The van der Waals surface area contributed by atoms with Crippen molar-refractivity contribution in [3.63, 3.8) is 0 Å². The highest BCUT2D eigenvalue weighted by Crippen LogP contribution is 2.12. The first-order valence-corrected chi connectivity index (χ1v) is 10.2. The Morgan fingerprint density at radius 1 is 1.16 bits per heavy atom.